The van der Waals surface area contributed by atoms with E-state index in [1.807, 2.05) is 0 Å². The predicted molar refractivity (Wildman–Crippen MR) is 84.0 cm³/mol. The van der Waals surface area contributed by atoms with Gasteiger partial charge in [0.05, 0.1) is 11.3 Å². The number of nitrogens with zero attached hydrogens (tertiary/aromatic N) is 2. The third-order valence-corrected chi connectivity index (χ3v) is 4.61. The largest absolute Gasteiger partial charge is 0.416 e. The zero-order chi connectivity index (χ0) is 16.9. The van der Waals surface area contributed by atoms with E-state index in [0.29, 0.717) is 16.2 Å². The topological polar surface area (TPSA) is 46.4 Å². The number of nitrogens with one attached hydrogen (secondary N) is 1. The normalized spacial score (nSPS) is 15.0. The Morgan fingerprint density at radius 1 is 1.33 bits per heavy atom. The molecule has 8 heteroatoms. The average molecular weight is 351 g/mol. The molecule has 4 rings (SSSR count). The summed E-state index contributed by atoms with van der Waals surface area (Å²) in [6.07, 6.45) is -0.888. The van der Waals surface area contributed by atoms with Gasteiger partial charge in [-0.2, -0.15) is 13.2 Å². The SMILES string of the molecule is O=C(NC1CC1)c1nc2sccn2c1-c1cccc(C(F)(F)F)c1. The van der Waals surface area contributed by atoms with Crippen LogP contribution in [0.2, 0.25) is 0 Å². The quantitative estimate of drug-likeness (QED) is 0.776. The number of thiazole rings is 1. The lowest BCUT2D eigenvalue weighted by Crippen LogP contribution is -2.26. The van der Waals surface area contributed by atoms with Crippen LogP contribution in [0.3, 0.4) is 0 Å². The molecule has 2 aromatic heterocycles. The van der Waals surface area contributed by atoms with E-state index in [9.17, 15) is 18.0 Å². The van der Waals surface area contributed by atoms with Gasteiger partial charge in [-0.3, -0.25) is 9.20 Å². The van der Waals surface area contributed by atoms with Crippen molar-refractivity contribution in [3.63, 3.8) is 0 Å². The molecule has 2 heterocycles. The van der Waals surface area contributed by atoms with Crippen LogP contribution >= 0.6 is 11.3 Å². The highest BCUT2D eigenvalue weighted by Gasteiger charge is 2.32. The number of fused-ring (bicyclic) bond motifs is 1. The van der Waals surface area contributed by atoms with Crippen molar-refractivity contribution < 1.29 is 18.0 Å². The lowest BCUT2D eigenvalue weighted by atomic mass is 10.1. The number of carbonyl (C=O) groups excluding carboxylic acids is 1. The Kier molecular flexibility index (Phi) is 3.38. The maximum absolute atomic E-state index is 13.0. The van der Waals surface area contributed by atoms with E-state index in [4.69, 9.17) is 0 Å². The van der Waals surface area contributed by atoms with Crippen LogP contribution in [-0.2, 0) is 6.18 Å². The van der Waals surface area contributed by atoms with Crippen molar-refractivity contribution in [2.75, 3.05) is 0 Å². The van der Waals surface area contributed by atoms with Crippen LogP contribution < -0.4 is 5.32 Å². The second kappa shape index (κ2) is 5.34. The van der Waals surface area contributed by atoms with Crippen molar-refractivity contribution in [2.45, 2.75) is 25.1 Å². The summed E-state index contributed by atoms with van der Waals surface area (Å²) in [7, 11) is 0. The second-order valence-electron chi connectivity index (χ2n) is 5.69. The highest BCUT2D eigenvalue weighted by Crippen LogP contribution is 2.34. The lowest BCUT2D eigenvalue weighted by molar-refractivity contribution is -0.137. The third-order valence-electron chi connectivity index (χ3n) is 3.85. The Bertz CT molecular complexity index is 924. The number of rotatable bonds is 3. The van der Waals surface area contributed by atoms with Gasteiger partial charge < -0.3 is 5.32 Å². The lowest BCUT2D eigenvalue weighted by Gasteiger charge is -2.10. The predicted octanol–water partition coefficient (Wildman–Crippen LogP) is 3.97. The standard InChI is InChI=1S/C16H12F3N3OS/c17-16(18,19)10-3-1-2-9(8-10)13-12(14(23)20-11-4-5-11)21-15-22(13)6-7-24-15/h1-3,6-8,11H,4-5H2,(H,20,23). The molecule has 1 saturated carbocycles. The minimum Gasteiger partial charge on any atom is -0.348 e. The van der Waals surface area contributed by atoms with E-state index in [-0.39, 0.29) is 17.6 Å². The van der Waals surface area contributed by atoms with Gasteiger partial charge in [-0.25, -0.2) is 4.98 Å². The fourth-order valence-electron chi connectivity index (χ4n) is 2.54. The molecule has 0 saturated heterocycles. The van der Waals surface area contributed by atoms with Gasteiger partial charge in [0.25, 0.3) is 5.91 Å². The molecule has 1 fully saturated rings. The molecule has 3 aromatic rings. The van der Waals surface area contributed by atoms with Crippen LogP contribution in [0.15, 0.2) is 35.8 Å². The Morgan fingerprint density at radius 2 is 2.12 bits per heavy atom. The van der Waals surface area contributed by atoms with Gasteiger partial charge in [-0.05, 0) is 25.0 Å². The molecule has 124 valence electrons. The molecule has 0 unspecified atom stereocenters. The van der Waals surface area contributed by atoms with Crippen LogP contribution in [0.1, 0.15) is 28.9 Å². The van der Waals surface area contributed by atoms with Crippen molar-refractivity contribution in [1.29, 1.82) is 0 Å². The minimum absolute atomic E-state index is 0.145. The number of amides is 1. The number of hydrogen-bond donors (Lipinski definition) is 1. The molecule has 0 spiro atoms. The molecular weight excluding hydrogens is 339 g/mol. The molecule has 1 aliphatic carbocycles. The molecule has 1 aromatic carbocycles. The maximum atomic E-state index is 13.0. The molecule has 0 atom stereocenters. The van der Waals surface area contributed by atoms with Gasteiger partial charge in [0, 0.05) is 23.2 Å². The zero-order valence-electron chi connectivity index (χ0n) is 12.3. The van der Waals surface area contributed by atoms with Crippen LogP contribution in [0.5, 0.6) is 0 Å². The Balaban J connectivity index is 1.85. The first-order valence-electron chi connectivity index (χ1n) is 7.37. The van der Waals surface area contributed by atoms with Gasteiger partial charge in [-0.1, -0.05) is 12.1 Å². The number of alkyl halides is 3. The zero-order valence-corrected chi connectivity index (χ0v) is 13.1. The second-order valence-corrected chi connectivity index (χ2v) is 6.56. The van der Waals surface area contributed by atoms with Gasteiger partial charge in [0.2, 0.25) is 0 Å². The van der Waals surface area contributed by atoms with Gasteiger partial charge >= 0.3 is 6.18 Å². The molecule has 1 aliphatic rings. The first-order chi connectivity index (χ1) is 11.4. The first-order valence-corrected chi connectivity index (χ1v) is 8.25. The number of halogens is 3. The summed E-state index contributed by atoms with van der Waals surface area (Å²) in [5.41, 5.74) is 0.110. The average Bonchev–Trinajstić information content (AvgIpc) is 3.09. The van der Waals surface area contributed by atoms with Crippen molar-refractivity contribution in [3.8, 4) is 11.3 Å². The van der Waals surface area contributed by atoms with E-state index in [1.165, 1.54) is 17.4 Å². The summed E-state index contributed by atoms with van der Waals surface area (Å²) >= 11 is 1.33. The van der Waals surface area contributed by atoms with Crippen LogP contribution in [0, 0.1) is 0 Å². The fraction of sp³-hybridized carbons (Fsp3) is 0.250. The Labute approximate surface area is 138 Å². The van der Waals surface area contributed by atoms with Crippen molar-refractivity contribution >= 4 is 22.2 Å². The van der Waals surface area contributed by atoms with E-state index in [1.54, 1.807) is 22.0 Å². The number of aromatic nitrogens is 2. The van der Waals surface area contributed by atoms with Crippen LogP contribution in [0.4, 0.5) is 13.2 Å². The van der Waals surface area contributed by atoms with Crippen LogP contribution in [-0.4, -0.2) is 21.3 Å². The number of carbonyl (C=O) groups is 1. The van der Waals surface area contributed by atoms with E-state index < -0.39 is 11.7 Å². The molecule has 1 amide bonds. The summed E-state index contributed by atoms with van der Waals surface area (Å²) < 4.78 is 40.7. The van der Waals surface area contributed by atoms with E-state index in [0.717, 1.165) is 25.0 Å². The van der Waals surface area contributed by atoms with Crippen molar-refractivity contribution in [2.24, 2.45) is 0 Å². The van der Waals surface area contributed by atoms with Crippen molar-refractivity contribution in [3.05, 3.63) is 47.1 Å². The summed E-state index contributed by atoms with van der Waals surface area (Å²) in [4.78, 5) is 17.3. The molecular formula is C16H12F3N3OS. The minimum atomic E-state index is -4.44. The molecule has 4 nitrogen and oxygen atoms in total. The number of imidazole rings is 1. The van der Waals surface area contributed by atoms with Crippen LogP contribution in [0.25, 0.3) is 16.2 Å². The van der Waals surface area contributed by atoms with Gasteiger partial charge in [0.15, 0.2) is 10.7 Å². The third kappa shape index (κ3) is 2.66. The summed E-state index contributed by atoms with van der Waals surface area (Å²) in [5.74, 6) is -0.346. The van der Waals surface area contributed by atoms with E-state index in [2.05, 4.69) is 10.3 Å². The molecule has 0 bridgehead atoms. The Morgan fingerprint density at radius 3 is 2.83 bits per heavy atom. The van der Waals surface area contributed by atoms with Gasteiger partial charge in [0.1, 0.15) is 0 Å². The number of hydrogen-bond acceptors (Lipinski definition) is 3. The molecule has 0 aliphatic heterocycles. The van der Waals surface area contributed by atoms with E-state index >= 15 is 0 Å². The highest BCUT2D eigenvalue weighted by atomic mass is 32.1. The summed E-state index contributed by atoms with van der Waals surface area (Å²) in [5, 5.41) is 4.62. The Hall–Kier alpha value is -2.35. The fourth-order valence-corrected chi connectivity index (χ4v) is 3.26. The number of benzene rings is 1. The maximum Gasteiger partial charge on any atom is 0.416 e. The first kappa shape index (κ1) is 15.2. The summed E-state index contributed by atoms with van der Waals surface area (Å²) in [6.45, 7) is 0. The monoisotopic (exact) mass is 351 g/mol. The smallest absolute Gasteiger partial charge is 0.348 e. The molecule has 24 heavy (non-hydrogen) atoms. The van der Waals surface area contributed by atoms with Crippen molar-refractivity contribution in [1.82, 2.24) is 14.7 Å². The molecule has 1 N–H and O–H groups in total. The molecule has 0 radical (unpaired) electrons. The van der Waals surface area contributed by atoms with Gasteiger partial charge in [-0.15, -0.1) is 11.3 Å². The summed E-state index contributed by atoms with van der Waals surface area (Å²) in [6, 6.07) is 5.11. The highest BCUT2D eigenvalue weighted by molar-refractivity contribution is 7.15.